The molecule has 1 aromatic carbocycles. The van der Waals surface area contributed by atoms with Crippen LogP contribution in [0.2, 0.25) is 0 Å². The Balaban J connectivity index is 1.93. The first kappa shape index (κ1) is 18.9. The number of nitrogens with zero attached hydrogens (tertiary/aromatic N) is 1. The van der Waals surface area contributed by atoms with Crippen LogP contribution in [0.25, 0.3) is 0 Å². The number of aromatic amines is 1. The SMILES string of the molecule is C=CCSc1nc2c(c(=O)[nH]1)[C@@H](C(=O)Nc1ccccc1CC)CC(=O)N2. The largest absolute Gasteiger partial charge is 0.325 e. The fourth-order valence-corrected chi connectivity index (χ4v) is 3.55. The summed E-state index contributed by atoms with van der Waals surface area (Å²) >= 11 is 1.29. The van der Waals surface area contributed by atoms with Gasteiger partial charge in [0.25, 0.3) is 5.56 Å². The molecule has 3 rings (SSSR count). The molecular weight excluding hydrogens is 364 g/mol. The number of benzene rings is 1. The highest BCUT2D eigenvalue weighted by atomic mass is 32.2. The van der Waals surface area contributed by atoms with Crippen LogP contribution in [0.4, 0.5) is 11.5 Å². The molecule has 3 N–H and O–H groups in total. The van der Waals surface area contributed by atoms with Crippen LogP contribution < -0.4 is 16.2 Å². The molecular formula is C19H20N4O3S. The van der Waals surface area contributed by atoms with Crippen LogP contribution in [0, 0.1) is 0 Å². The Labute approximate surface area is 160 Å². The van der Waals surface area contributed by atoms with Gasteiger partial charge in [0, 0.05) is 17.9 Å². The van der Waals surface area contributed by atoms with Gasteiger partial charge in [-0.1, -0.05) is 43.0 Å². The molecule has 0 radical (unpaired) electrons. The topological polar surface area (TPSA) is 104 Å². The zero-order valence-electron chi connectivity index (χ0n) is 14.9. The minimum absolute atomic E-state index is 0.100. The standard InChI is InChI=1S/C19H20N4O3S/c1-3-9-27-19-22-16-15(18(26)23-19)12(10-14(24)21-16)17(25)20-13-8-6-5-7-11(13)4-2/h3,5-8,12H,1,4,9-10H2,2H3,(H,20,25)(H2,21,22,23,24,26)/t12-/m0/s1. The monoisotopic (exact) mass is 384 g/mol. The number of fused-ring (bicyclic) bond motifs is 1. The average molecular weight is 384 g/mol. The van der Waals surface area contributed by atoms with Gasteiger partial charge in [-0.05, 0) is 18.1 Å². The third kappa shape index (κ3) is 4.11. The molecule has 0 saturated carbocycles. The maximum atomic E-state index is 12.9. The van der Waals surface area contributed by atoms with Crippen molar-refractivity contribution in [1.82, 2.24) is 9.97 Å². The summed E-state index contributed by atoms with van der Waals surface area (Å²) in [6.45, 7) is 5.62. The molecule has 2 amide bonds. The van der Waals surface area contributed by atoms with Crippen molar-refractivity contribution < 1.29 is 9.59 Å². The molecule has 1 atom stereocenters. The van der Waals surface area contributed by atoms with Gasteiger partial charge in [0.2, 0.25) is 11.8 Å². The van der Waals surface area contributed by atoms with Crippen molar-refractivity contribution in [1.29, 1.82) is 0 Å². The van der Waals surface area contributed by atoms with Gasteiger partial charge >= 0.3 is 0 Å². The first-order valence-corrected chi connectivity index (χ1v) is 9.58. The van der Waals surface area contributed by atoms with E-state index < -0.39 is 17.4 Å². The molecule has 0 fully saturated rings. The van der Waals surface area contributed by atoms with Crippen molar-refractivity contribution in [3.05, 3.63) is 58.4 Å². The lowest BCUT2D eigenvalue weighted by molar-refractivity contribution is -0.123. The number of thioether (sulfide) groups is 1. The zero-order chi connectivity index (χ0) is 19.4. The minimum Gasteiger partial charge on any atom is -0.325 e. The Bertz CT molecular complexity index is 954. The van der Waals surface area contributed by atoms with Gasteiger partial charge in [-0.2, -0.15) is 0 Å². The number of H-pyrrole nitrogens is 1. The van der Waals surface area contributed by atoms with E-state index in [1.165, 1.54) is 11.8 Å². The molecule has 0 saturated heterocycles. The molecule has 140 valence electrons. The number of anilines is 2. The van der Waals surface area contributed by atoms with Gasteiger partial charge in [-0.3, -0.25) is 14.4 Å². The Morgan fingerprint density at radius 1 is 1.41 bits per heavy atom. The maximum Gasteiger partial charge on any atom is 0.257 e. The molecule has 27 heavy (non-hydrogen) atoms. The highest BCUT2D eigenvalue weighted by Crippen LogP contribution is 2.30. The number of carbonyl (C=O) groups is 2. The third-order valence-corrected chi connectivity index (χ3v) is 5.11. The van der Waals surface area contributed by atoms with Gasteiger partial charge in [-0.15, -0.1) is 6.58 Å². The van der Waals surface area contributed by atoms with E-state index in [9.17, 15) is 14.4 Å². The van der Waals surface area contributed by atoms with Crippen LogP contribution in [0.1, 0.15) is 30.4 Å². The third-order valence-electron chi connectivity index (χ3n) is 4.24. The molecule has 0 bridgehead atoms. The van der Waals surface area contributed by atoms with Gasteiger partial charge in [0.1, 0.15) is 5.82 Å². The molecule has 1 aliphatic heterocycles. The van der Waals surface area contributed by atoms with Crippen LogP contribution in [0.5, 0.6) is 0 Å². The summed E-state index contributed by atoms with van der Waals surface area (Å²) in [5.74, 6) is -0.929. The molecule has 1 aromatic heterocycles. The highest BCUT2D eigenvalue weighted by Gasteiger charge is 2.34. The summed E-state index contributed by atoms with van der Waals surface area (Å²) in [7, 11) is 0. The number of amides is 2. The Morgan fingerprint density at radius 2 is 2.19 bits per heavy atom. The van der Waals surface area contributed by atoms with Crippen LogP contribution in [0.3, 0.4) is 0 Å². The second kappa shape index (κ2) is 8.22. The van der Waals surface area contributed by atoms with Crippen LogP contribution in [-0.2, 0) is 16.0 Å². The molecule has 2 aromatic rings. The normalized spacial score (nSPS) is 15.6. The summed E-state index contributed by atoms with van der Waals surface area (Å²) in [5, 5.41) is 5.82. The number of para-hydroxylation sites is 1. The Kier molecular flexibility index (Phi) is 5.75. The lowest BCUT2D eigenvalue weighted by Gasteiger charge is -2.24. The van der Waals surface area contributed by atoms with Crippen LogP contribution in [0.15, 0.2) is 46.9 Å². The van der Waals surface area contributed by atoms with E-state index in [0.717, 1.165) is 12.0 Å². The van der Waals surface area contributed by atoms with Crippen molar-refractivity contribution in [2.45, 2.75) is 30.8 Å². The summed E-state index contributed by atoms with van der Waals surface area (Å²) in [6, 6.07) is 7.45. The van der Waals surface area contributed by atoms with Crippen LogP contribution in [-0.4, -0.2) is 27.5 Å². The van der Waals surface area contributed by atoms with E-state index in [2.05, 4.69) is 27.2 Å². The first-order valence-electron chi connectivity index (χ1n) is 8.60. The predicted molar refractivity (Wildman–Crippen MR) is 106 cm³/mol. The van der Waals surface area contributed by atoms with E-state index in [4.69, 9.17) is 0 Å². The quantitative estimate of drug-likeness (QED) is 0.404. The zero-order valence-corrected chi connectivity index (χ0v) is 15.7. The van der Waals surface area contributed by atoms with E-state index >= 15 is 0 Å². The van der Waals surface area contributed by atoms with Crippen molar-refractivity contribution in [3.63, 3.8) is 0 Å². The molecule has 1 aliphatic rings. The van der Waals surface area contributed by atoms with Crippen molar-refractivity contribution in [2.75, 3.05) is 16.4 Å². The number of carbonyl (C=O) groups excluding carboxylic acids is 2. The molecule has 2 heterocycles. The van der Waals surface area contributed by atoms with E-state index in [-0.39, 0.29) is 23.7 Å². The number of hydrogen-bond donors (Lipinski definition) is 3. The summed E-state index contributed by atoms with van der Waals surface area (Å²) in [5.41, 5.74) is 1.43. The van der Waals surface area contributed by atoms with E-state index in [1.54, 1.807) is 12.1 Å². The minimum atomic E-state index is -0.895. The summed E-state index contributed by atoms with van der Waals surface area (Å²) < 4.78 is 0. The fraction of sp³-hybridized carbons (Fsp3) is 0.263. The summed E-state index contributed by atoms with van der Waals surface area (Å²) in [6.07, 6.45) is 2.34. The lowest BCUT2D eigenvalue weighted by Crippen LogP contribution is -2.36. The maximum absolute atomic E-state index is 12.9. The number of hydrogen-bond acceptors (Lipinski definition) is 5. The average Bonchev–Trinajstić information content (AvgIpc) is 2.65. The lowest BCUT2D eigenvalue weighted by atomic mass is 9.92. The molecule has 0 spiro atoms. The Hall–Kier alpha value is -2.87. The molecule has 0 unspecified atom stereocenters. The van der Waals surface area contributed by atoms with E-state index in [0.29, 0.717) is 16.6 Å². The number of rotatable bonds is 6. The number of aryl methyl sites for hydroxylation is 1. The van der Waals surface area contributed by atoms with Gasteiger partial charge < -0.3 is 15.6 Å². The van der Waals surface area contributed by atoms with Gasteiger partial charge in [0.15, 0.2) is 5.16 Å². The first-order chi connectivity index (χ1) is 13.0. The predicted octanol–water partition coefficient (Wildman–Crippen LogP) is 2.67. The van der Waals surface area contributed by atoms with Crippen molar-refractivity contribution in [2.24, 2.45) is 0 Å². The number of aromatic nitrogens is 2. The van der Waals surface area contributed by atoms with Crippen LogP contribution >= 0.6 is 11.8 Å². The highest BCUT2D eigenvalue weighted by molar-refractivity contribution is 7.99. The van der Waals surface area contributed by atoms with Crippen molar-refractivity contribution in [3.8, 4) is 0 Å². The molecule has 8 heteroatoms. The van der Waals surface area contributed by atoms with E-state index in [1.807, 2.05) is 25.1 Å². The number of nitrogens with one attached hydrogen (secondary N) is 3. The molecule has 7 nitrogen and oxygen atoms in total. The van der Waals surface area contributed by atoms with Gasteiger partial charge in [0.05, 0.1) is 11.5 Å². The second-order valence-corrected chi connectivity index (χ2v) is 7.05. The van der Waals surface area contributed by atoms with Gasteiger partial charge in [-0.25, -0.2) is 4.98 Å². The fourth-order valence-electron chi connectivity index (χ4n) is 2.95. The summed E-state index contributed by atoms with van der Waals surface area (Å²) in [4.78, 5) is 44.5. The molecule has 0 aliphatic carbocycles. The van der Waals surface area contributed by atoms with Crippen molar-refractivity contribution >= 4 is 35.1 Å². The Morgan fingerprint density at radius 3 is 2.93 bits per heavy atom. The second-order valence-electron chi connectivity index (χ2n) is 6.04. The smallest absolute Gasteiger partial charge is 0.257 e.